The van der Waals surface area contributed by atoms with Gasteiger partial charge in [-0.15, -0.1) is 0 Å². The number of rotatable bonds is 11. The van der Waals surface area contributed by atoms with Crippen molar-refractivity contribution in [2.24, 2.45) is 29.4 Å². The van der Waals surface area contributed by atoms with Crippen LogP contribution in [0.2, 0.25) is 0 Å². The fourth-order valence-electron chi connectivity index (χ4n) is 2.94. The Morgan fingerprint density at radius 3 is 2.00 bits per heavy atom. The summed E-state index contributed by atoms with van der Waals surface area (Å²) in [6, 6.07) is 0.154. The van der Waals surface area contributed by atoms with Gasteiger partial charge < -0.3 is 11.1 Å². The smallest absolute Gasteiger partial charge is 0.0117 e. The average molecular weight is 268 g/mol. The molecule has 0 aliphatic carbocycles. The summed E-state index contributed by atoms with van der Waals surface area (Å²) in [5.74, 6) is 2.57. The van der Waals surface area contributed by atoms with Gasteiger partial charge in [0.1, 0.15) is 0 Å². The zero-order valence-electron chi connectivity index (χ0n) is 13.8. The minimum Gasteiger partial charge on any atom is -0.327 e. The van der Waals surface area contributed by atoms with E-state index in [0.29, 0.717) is 0 Å². The maximum Gasteiger partial charge on any atom is 0.0117 e. The minimum atomic E-state index is 0.154. The van der Waals surface area contributed by atoms with Crippen LogP contribution in [0.3, 0.4) is 0 Å². The van der Waals surface area contributed by atoms with Crippen LogP contribution in [0.5, 0.6) is 0 Å². The van der Waals surface area contributed by atoms with Gasteiger partial charge in [0.25, 0.3) is 0 Å². The quantitative estimate of drug-likeness (QED) is 0.516. The van der Waals surface area contributed by atoms with Gasteiger partial charge in [0.15, 0.2) is 0 Å². The van der Waals surface area contributed by atoms with E-state index in [2.05, 4.69) is 34.6 Å². The van der Waals surface area contributed by atoms with Crippen LogP contribution in [0.1, 0.15) is 73.1 Å². The summed E-state index contributed by atoms with van der Waals surface area (Å²) in [4.78, 5) is 0. The number of nitrogens with two attached hydrogens (primary N) is 1. The van der Waals surface area contributed by atoms with Crippen molar-refractivity contribution < 1.29 is 0 Å². The van der Waals surface area contributed by atoms with Crippen molar-refractivity contribution in [3.05, 3.63) is 0 Å². The van der Waals surface area contributed by atoms with Crippen molar-refractivity contribution in [3.63, 3.8) is 0 Å². The molecule has 2 nitrogen and oxygen atoms in total. The molecule has 0 spiro atoms. The van der Waals surface area contributed by atoms with Crippen LogP contribution in [0.4, 0.5) is 0 Å². The van der Waals surface area contributed by atoms with Gasteiger partial charge >= 0.3 is 0 Å². The number of nitrogens with one attached hydrogen (secondary N) is 1. The summed E-state index contributed by atoms with van der Waals surface area (Å²) in [6.45, 7) is 11.3. The van der Waals surface area contributed by atoms with Gasteiger partial charge in [0.2, 0.25) is 0 Å². The second kappa shape index (κ2) is 10.4. The molecule has 0 heterocycles. The molecule has 0 aromatic heterocycles. The molecular formula is C17H36N2. The first-order valence-corrected chi connectivity index (χ1v) is 8.22. The molecule has 0 aromatic carbocycles. The first-order chi connectivity index (χ1) is 8.96. The molecule has 0 saturated heterocycles. The zero-order chi connectivity index (χ0) is 14.8. The van der Waals surface area contributed by atoms with Gasteiger partial charge in [-0.25, -0.2) is 0 Å². The molecule has 0 aromatic rings. The van der Waals surface area contributed by atoms with Crippen LogP contribution in [0, 0.1) is 29.1 Å². The third-order valence-corrected chi connectivity index (χ3v) is 4.58. The molecule has 4 atom stereocenters. The van der Waals surface area contributed by atoms with Crippen molar-refractivity contribution in [1.29, 1.82) is 5.41 Å². The predicted octanol–water partition coefficient (Wildman–Crippen LogP) is 4.87. The van der Waals surface area contributed by atoms with Crippen LogP contribution >= 0.6 is 0 Å². The third kappa shape index (κ3) is 7.71. The van der Waals surface area contributed by atoms with E-state index in [4.69, 9.17) is 11.1 Å². The Morgan fingerprint density at radius 2 is 1.58 bits per heavy atom. The van der Waals surface area contributed by atoms with E-state index < -0.39 is 0 Å². The molecule has 3 N–H and O–H groups in total. The second-order valence-corrected chi connectivity index (χ2v) is 6.59. The lowest BCUT2D eigenvalue weighted by Gasteiger charge is -2.29. The fraction of sp³-hybridized carbons (Fsp3) is 0.941. The summed E-state index contributed by atoms with van der Waals surface area (Å²) in [5.41, 5.74) is 6.22. The molecule has 2 heteroatoms. The fourth-order valence-corrected chi connectivity index (χ4v) is 2.94. The third-order valence-electron chi connectivity index (χ3n) is 4.58. The van der Waals surface area contributed by atoms with Gasteiger partial charge in [-0.05, 0) is 30.4 Å². The van der Waals surface area contributed by atoms with Gasteiger partial charge in [0.05, 0.1) is 0 Å². The summed E-state index contributed by atoms with van der Waals surface area (Å²) < 4.78 is 0. The standard InChI is InChI=1S/C17H36N2/c1-6-15(10-8-9-13(3)4)16(7-2)11-17(19)14(5)12-18/h12-18H,6-11,19H2,1-5H3. The Labute approximate surface area is 121 Å². The molecule has 0 fully saturated rings. The topological polar surface area (TPSA) is 49.9 Å². The molecule has 0 bridgehead atoms. The first-order valence-electron chi connectivity index (χ1n) is 8.22. The lowest BCUT2D eigenvalue weighted by Crippen LogP contribution is -2.33. The molecule has 0 saturated carbocycles. The van der Waals surface area contributed by atoms with E-state index in [1.54, 1.807) is 0 Å². The maximum absolute atomic E-state index is 7.35. The lowest BCUT2D eigenvalue weighted by molar-refractivity contribution is 0.245. The van der Waals surface area contributed by atoms with E-state index in [-0.39, 0.29) is 12.0 Å². The minimum absolute atomic E-state index is 0.154. The normalized spacial score (nSPS) is 18.1. The van der Waals surface area contributed by atoms with Crippen molar-refractivity contribution in [1.82, 2.24) is 0 Å². The highest BCUT2D eigenvalue weighted by molar-refractivity contribution is 5.57. The van der Waals surface area contributed by atoms with Crippen molar-refractivity contribution >= 4 is 6.21 Å². The molecule has 0 rings (SSSR count). The molecule has 0 aliphatic heterocycles. The molecular weight excluding hydrogens is 232 g/mol. The van der Waals surface area contributed by atoms with Crippen molar-refractivity contribution in [2.75, 3.05) is 0 Å². The highest BCUT2D eigenvalue weighted by atomic mass is 14.7. The second-order valence-electron chi connectivity index (χ2n) is 6.59. The van der Waals surface area contributed by atoms with Crippen LogP contribution in [0.15, 0.2) is 0 Å². The van der Waals surface area contributed by atoms with Crippen molar-refractivity contribution in [3.8, 4) is 0 Å². The Hall–Kier alpha value is -0.370. The van der Waals surface area contributed by atoms with Crippen LogP contribution < -0.4 is 5.73 Å². The van der Waals surface area contributed by atoms with Crippen LogP contribution in [0.25, 0.3) is 0 Å². The Morgan fingerprint density at radius 1 is 1.00 bits per heavy atom. The Balaban J connectivity index is 4.31. The monoisotopic (exact) mass is 268 g/mol. The molecule has 4 unspecified atom stereocenters. The Kier molecular flexibility index (Phi) is 10.2. The van der Waals surface area contributed by atoms with E-state index in [0.717, 1.165) is 24.2 Å². The molecule has 114 valence electrons. The number of hydrogen-bond donors (Lipinski definition) is 2. The zero-order valence-corrected chi connectivity index (χ0v) is 13.8. The van der Waals surface area contributed by atoms with Crippen LogP contribution in [-0.2, 0) is 0 Å². The van der Waals surface area contributed by atoms with Gasteiger partial charge in [-0.2, -0.15) is 0 Å². The number of hydrogen-bond acceptors (Lipinski definition) is 2. The van der Waals surface area contributed by atoms with E-state index >= 15 is 0 Å². The molecule has 0 amide bonds. The van der Waals surface area contributed by atoms with E-state index in [1.165, 1.54) is 38.3 Å². The maximum atomic E-state index is 7.35. The summed E-state index contributed by atoms with van der Waals surface area (Å²) in [5, 5.41) is 7.35. The largest absolute Gasteiger partial charge is 0.327 e. The summed E-state index contributed by atoms with van der Waals surface area (Å²) in [7, 11) is 0. The first kappa shape index (κ1) is 18.6. The SMILES string of the molecule is CCC(CCCC(C)C)C(CC)CC(N)C(C)C=N. The van der Waals surface area contributed by atoms with E-state index in [9.17, 15) is 0 Å². The van der Waals surface area contributed by atoms with Crippen molar-refractivity contribution in [2.45, 2.75) is 79.2 Å². The Bertz CT molecular complexity index is 225. The van der Waals surface area contributed by atoms with Gasteiger partial charge in [-0.3, -0.25) is 0 Å². The summed E-state index contributed by atoms with van der Waals surface area (Å²) in [6.07, 6.45) is 9.10. The van der Waals surface area contributed by atoms with E-state index in [1.807, 2.05) is 0 Å². The average Bonchev–Trinajstić information content (AvgIpc) is 2.39. The molecule has 0 aliphatic rings. The van der Waals surface area contributed by atoms with Crippen LogP contribution in [-0.4, -0.2) is 12.3 Å². The van der Waals surface area contributed by atoms with Gasteiger partial charge in [-0.1, -0.05) is 66.7 Å². The predicted molar refractivity (Wildman–Crippen MR) is 86.8 cm³/mol. The summed E-state index contributed by atoms with van der Waals surface area (Å²) >= 11 is 0. The lowest BCUT2D eigenvalue weighted by atomic mass is 9.78. The highest BCUT2D eigenvalue weighted by Crippen LogP contribution is 2.30. The molecule has 19 heavy (non-hydrogen) atoms. The highest BCUT2D eigenvalue weighted by Gasteiger charge is 2.22. The molecule has 0 radical (unpaired) electrons. The van der Waals surface area contributed by atoms with Gasteiger partial charge in [0, 0.05) is 12.0 Å².